The van der Waals surface area contributed by atoms with E-state index in [0.29, 0.717) is 25.1 Å². The van der Waals surface area contributed by atoms with Crippen molar-refractivity contribution in [2.75, 3.05) is 18.0 Å². The standard InChI is InChI=1S/C13H13F3N2O/c14-13(15,16)10-2-1-3-11-9(10)5-4-8-6-17-7-12(19)18(8)11/h1-3,8,17H,4-7H2. The molecule has 102 valence electrons. The molecule has 0 spiro atoms. The van der Waals surface area contributed by atoms with Crippen molar-refractivity contribution < 1.29 is 18.0 Å². The Bertz CT molecular complexity index is 527. The Hall–Kier alpha value is -1.56. The van der Waals surface area contributed by atoms with Gasteiger partial charge in [-0.25, -0.2) is 0 Å². The molecule has 0 aliphatic carbocycles. The third-order valence-electron chi connectivity index (χ3n) is 3.73. The number of anilines is 1. The van der Waals surface area contributed by atoms with Crippen LogP contribution in [0.25, 0.3) is 0 Å². The van der Waals surface area contributed by atoms with Crippen LogP contribution in [0.5, 0.6) is 0 Å². The summed E-state index contributed by atoms with van der Waals surface area (Å²) in [5.74, 6) is -0.156. The molecule has 19 heavy (non-hydrogen) atoms. The second-order valence-electron chi connectivity index (χ2n) is 4.89. The lowest BCUT2D eigenvalue weighted by molar-refractivity contribution is -0.138. The van der Waals surface area contributed by atoms with E-state index >= 15 is 0 Å². The van der Waals surface area contributed by atoms with Crippen molar-refractivity contribution in [3.63, 3.8) is 0 Å². The predicted octanol–water partition coefficient (Wildman–Crippen LogP) is 1.96. The topological polar surface area (TPSA) is 32.3 Å². The summed E-state index contributed by atoms with van der Waals surface area (Å²) in [5, 5.41) is 3.00. The first-order valence-electron chi connectivity index (χ1n) is 6.20. The van der Waals surface area contributed by atoms with Crippen LogP contribution in [0.1, 0.15) is 17.5 Å². The van der Waals surface area contributed by atoms with Gasteiger partial charge in [0.2, 0.25) is 5.91 Å². The molecule has 1 aromatic carbocycles. The molecule has 3 rings (SSSR count). The van der Waals surface area contributed by atoms with E-state index in [1.165, 1.54) is 11.0 Å². The van der Waals surface area contributed by atoms with E-state index < -0.39 is 11.7 Å². The fourth-order valence-electron chi connectivity index (χ4n) is 2.93. The minimum Gasteiger partial charge on any atom is -0.307 e. The van der Waals surface area contributed by atoms with Gasteiger partial charge in [-0.1, -0.05) is 6.07 Å². The largest absolute Gasteiger partial charge is 0.416 e. The van der Waals surface area contributed by atoms with Crippen LogP contribution in [-0.2, 0) is 17.4 Å². The molecule has 1 aromatic rings. The van der Waals surface area contributed by atoms with E-state index in [-0.39, 0.29) is 24.1 Å². The molecular weight excluding hydrogens is 257 g/mol. The summed E-state index contributed by atoms with van der Waals surface area (Å²) >= 11 is 0. The monoisotopic (exact) mass is 270 g/mol. The third-order valence-corrected chi connectivity index (χ3v) is 3.73. The van der Waals surface area contributed by atoms with Gasteiger partial charge < -0.3 is 10.2 Å². The molecule has 3 nitrogen and oxygen atoms in total. The molecule has 0 saturated carbocycles. The minimum absolute atomic E-state index is 0.0303. The molecule has 0 bridgehead atoms. The maximum atomic E-state index is 13.0. The Morgan fingerprint density at radius 2 is 2.11 bits per heavy atom. The van der Waals surface area contributed by atoms with Crippen molar-refractivity contribution in [3.8, 4) is 0 Å². The van der Waals surface area contributed by atoms with Crippen molar-refractivity contribution in [1.82, 2.24) is 5.32 Å². The van der Waals surface area contributed by atoms with Gasteiger partial charge in [-0.2, -0.15) is 13.2 Å². The number of carbonyl (C=O) groups is 1. The molecule has 0 radical (unpaired) electrons. The Labute approximate surface area is 108 Å². The molecule has 1 saturated heterocycles. The number of hydrogen-bond acceptors (Lipinski definition) is 2. The lowest BCUT2D eigenvalue weighted by Crippen LogP contribution is -2.57. The van der Waals surface area contributed by atoms with Gasteiger partial charge in [0.15, 0.2) is 0 Å². The minimum atomic E-state index is -4.37. The molecule has 1 N–H and O–H groups in total. The van der Waals surface area contributed by atoms with Gasteiger partial charge >= 0.3 is 6.18 Å². The highest BCUT2D eigenvalue weighted by Crippen LogP contribution is 2.40. The number of amides is 1. The van der Waals surface area contributed by atoms with Gasteiger partial charge in [0.25, 0.3) is 0 Å². The van der Waals surface area contributed by atoms with Crippen LogP contribution in [0.3, 0.4) is 0 Å². The van der Waals surface area contributed by atoms with Crippen LogP contribution in [0.2, 0.25) is 0 Å². The first-order chi connectivity index (χ1) is 8.98. The summed E-state index contributed by atoms with van der Waals surface area (Å²) < 4.78 is 38.9. The molecule has 1 atom stereocenters. The van der Waals surface area contributed by atoms with E-state index in [4.69, 9.17) is 0 Å². The SMILES string of the molecule is O=C1CNCC2CCc3c(cccc3C(F)(F)F)N12. The molecule has 1 unspecified atom stereocenters. The summed E-state index contributed by atoms with van der Waals surface area (Å²) in [7, 11) is 0. The van der Waals surface area contributed by atoms with Crippen LogP contribution in [0.15, 0.2) is 18.2 Å². The Balaban J connectivity index is 2.11. The summed E-state index contributed by atoms with van der Waals surface area (Å²) in [5.41, 5.74) is 0.0638. The average molecular weight is 270 g/mol. The summed E-state index contributed by atoms with van der Waals surface area (Å²) in [6.07, 6.45) is -3.44. The van der Waals surface area contributed by atoms with Gasteiger partial charge in [0.05, 0.1) is 12.1 Å². The van der Waals surface area contributed by atoms with Crippen LogP contribution in [0.4, 0.5) is 18.9 Å². The zero-order chi connectivity index (χ0) is 13.6. The number of nitrogens with one attached hydrogen (secondary N) is 1. The van der Waals surface area contributed by atoms with Crippen LogP contribution < -0.4 is 10.2 Å². The number of halogens is 3. The second kappa shape index (κ2) is 4.23. The van der Waals surface area contributed by atoms with E-state index in [0.717, 1.165) is 6.07 Å². The van der Waals surface area contributed by atoms with E-state index in [1.54, 1.807) is 6.07 Å². The number of nitrogens with zero attached hydrogens (tertiary/aromatic N) is 1. The van der Waals surface area contributed by atoms with Gasteiger partial charge in [-0.05, 0) is 30.5 Å². The van der Waals surface area contributed by atoms with Crippen molar-refractivity contribution in [2.45, 2.75) is 25.1 Å². The molecule has 6 heteroatoms. The Kier molecular flexibility index (Phi) is 2.78. The number of benzene rings is 1. The van der Waals surface area contributed by atoms with Crippen molar-refractivity contribution in [1.29, 1.82) is 0 Å². The highest BCUT2D eigenvalue weighted by atomic mass is 19.4. The first kappa shape index (κ1) is 12.5. The maximum absolute atomic E-state index is 13.0. The van der Waals surface area contributed by atoms with E-state index in [9.17, 15) is 18.0 Å². The van der Waals surface area contributed by atoms with Crippen LogP contribution in [-0.4, -0.2) is 25.0 Å². The van der Waals surface area contributed by atoms with Crippen molar-refractivity contribution >= 4 is 11.6 Å². The third kappa shape index (κ3) is 2.00. The van der Waals surface area contributed by atoms with Crippen molar-refractivity contribution in [3.05, 3.63) is 29.3 Å². The van der Waals surface area contributed by atoms with E-state index in [2.05, 4.69) is 5.32 Å². The highest BCUT2D eigenvalue weighted by Gasteiger charge is 2.39. The highest BCUT2D eigenvalue weighted by molar-refractivity contribution is 5.97. The fraction of sp³-hybridized carbons (Fsp3) is 0.462. The molecule has 1 fully saturated rings. The molecule has 1 amide bonds. The summed E-state index contributed by atoms with van der Waals surface area (Å²) in [4.78, 5) is 13.5. The fourth-order valence-corrected chi connectivity index (χ4v) is 2.93. The van der Waals surface area contributed by atoms with Crippen LogP contribution in [0, 0.1) is 0 Å². The Morgan fingerprint density at radius 1 is 1.32 bits per heavy atom. The first-order valence-corrected chi connectivity index (χ1v) is 6.20. The van der Waals surface area contributed by atoms with Crippen LogP contribution >= 0.6 is 0 Å². The number of hydrogen-bond donors (Lipinski definition) is 1. The van der Waals surface area contributed by atoms with E-state index in [1.807, 2.05) is 0 Å². The predicted molar refractivity (Wildman–Crippen MR) is 63.9 cm³/mol. The van der Waals surface area contributed by atoms with Gasteiger partial charge in [0.1, 0.15) is 0 Å². The normalized spacial score (nSPS) is 23.0. The number of alkyl halides is 3. The molecule has 2 heterocycles. The molecular formula is C13H13F3N2O. The number of piperazine rings is 1. The quantitative estimate of drug-likeness (QED) is 0.781. The van der Waals surface area contributed by atoms with Gasteiger partial charge in [-0.15, -0.1) is 0 Å². The molecule has 0 aromatic heterocycles. The number of carbonyl (C=O) groups excluding carboxylic acids is 1. The summed E-state index contributed by atoms with van der Waals surface area (Å²) in [6, 6.07) is 4.04. The van der Waals surface area contributed by atoms with Gasteiger partial charge in [-0.3, -0.25) is 4.79 Å². The zero-order valence-electron chi connectivity index (χ0n) is 10.1. The molecule has 2 aliphatic heterocycles. The van der Waals surface area contributed by atoms with Gasteiger partial charge in [0, 0.05) is 18.3 Å². The lowest BCUT2D eigenvalue weighted by Gasteiger charge is -2.41. The smallest absolute Gasteiger partial charge is 0.307 e. The zero-order valence-corrected chi connectivity index (χ0v) is 10.1. The second-order valence-corrected chi connectivity index (χ2v) is 4.89. The summed E-state index contributed by atoms with van der Waals surface area (Å²) in [6.45, 7) is 0.827. The number of fused-ring (bicyclic) bond motifs is 3. The molecule has 2 aliphatic rings. The van der Waals surface area contributed by atoms with Crippen molar-refractivity contribution in [2.24, 2.45) is 0 Å². The lowest BCUT2D eigenvalue weighted by atomic mass is 9.90. The maximum Gasteiger partial charge on any atom is 0.416 e. The Morgan fingerprint density at radius 3 is 2.84 bits per heavy atom. The average Bonchev–Trinajstić information content (AvgIpc) is 2.36. The number of rotatable bonds is 0.